The van der Waals surface area contributed by atoms with Gasteiger partial charge in [-0.3, -0.25) is 0 Å². The average Bonchev–Trinajstić information content (AvgIpc) is 1.45. The summed E-state index contributed by atoms with van der Waals surface area (Å²) in [5.74, 6) is 0. The number of fused-ring (bicyclic) bond motifs is 11. The summed E-state index contributed by atoms with van der Waals surface area (Å²) in [7, 11) is 0. The first-order chi connectivity index (χ1) is 51.5. The quantitative estimate of drug-likeness (QED) is 0.149. The highest BCUT2D eigenvalue weighted by Crippen LogP contribution is 2.49. The van der Waals surface area contributed by atoms with Gasteiger partial charge in [-0.2, -0.15) is 10.5 Å². The van der Waals surface area contributed by atoms with Gasteiger partial charge in [-0.05, 0) is 246 Å². The van der Waals surface area contributed by atoms with Crippen molar-refractivity contribution < 1.29 is 0 Å². The number of aromatic nitrogens is 3. The first kappa shape index (κ1) is 58.7. The van der Waals surface area contributed by atoms with Crippen LogP contribution >= 0.6 is 0 Å². The lowest BCUT2D eigenvalue weighted by Gasteiger charge is -2.17. The Morgan fingerprint density at radius 1 is 0.212 bits per heavy atom. The number of hydrogen-bond donors (Lipinski definition) is 0. The molecule has 0 aliphatic carbocycles. The molecule has 5 nitrogen and oxygen atoms in total. The van der Waals surface area contributed by atoms with Crippen LogP contribution in [0.15, 0.2) is 346 Å². The zero-order valence-corrected chi connectivity index (χ0v) is 56.1. The number of hydrogen-bond acceptors (Lipinski definition) is 3. The van der Waals surface area contributed by atoms with Crippen molar-refractivity contribution in [2.24, 2.45) is 0 Å². The van der Waals surface area contributed by atoms with Gasteiger partial charge in [-0.1, -0.05) is 231 Å². The number of para-hydroxylation sites is 2. The standard InChI is InChI=1S/C50H29N3.C49H28N2/c51-30-31-24-33-22-23-34-26-35(27-48-50(34)49(33)47(25-31)53(48)36-14-5-2-6-15-36)41-28-42-39-18-9-10-19-40(39)44(29-43(42)38-17-8-7-16-37(38)41)46-21-11-20-45(52-46)32-12-3-1-4-13-32;50-29-30-22-34-20-21-35-25-36(26-47-49(35)48(34)46(23-30)51(47)37-12-2-1-3-13-37)43-28-45-40-16-8-6-14-38(40)42(27-44(45)41-17-9-7-15-39(41)43)33-19-18-31-10-4-5-11-32(31)24-33/h1-29H;1-28H. The number of rotatable bonds is 7. The fourth-order valence-corrected chi connectivity index (χ4v) is 17.2. The molecule has 3 heterocycles. The molecule has 104 heavy (non-hydrogen) atoms. The predicted octanol–water partition coefficient (Wildman–Crippen LogP) is 26.3. The normalized spacial score (nSPS) is 11.8. The van der Waals surface area contributed by atoms with Crippen LogP contribution in [0.2, 0.25) is 0 Å². The number of pyridine rings is 1. The van der Waals surface area contributed by atoms with Crippen LogP contribution in [-0.4, -0.2) is 14.1 Å². The van der Waals surface area contributed by atoms with Crippen LogP contribution in [0.5, 0.6) is 0 Å². The minimum Gasteiger partial charge on any atom is -0.309 e. The molecule has 3 aromatic heterocycles. The molecule has 0 amide bonds. The minimum absolute atomic E-state index is 0.662. The first-order valence-electron chi connectivity index (χ1n) is 35.3. The van der Waals surface area contributed by atoms with Gasteiger partial charge in [0.15, 0.2) is 0 Å². The van der Waals surface area contributed by atoms with Crippen molar-refractivity contribution in [1.29, 1.82) is 10.5 Å². The third kappa shape index (κ3) is 9.08. The van der Waals surface area contributed by atoms with Crippen molar-refractivity contribution >= 4 is 141 Å². The minimum atomic E-state index is 0.662. The molecule has 0 aliphatic heterocycles. The molecule has 0 spiro atoms. The zero-order chi connectivity index (χ0) is 68.7. The highest BCUT2D eigenvalue weighted by molar-refractivity contribution is 6.30. The van der Waals surface area contributed by atoms with Crippen molar-refractivity contribution in [3.63, 3.8) is 0 Å². The van der Waals surface area contributed by atoms with Gasteiger partial charge in [0, 0.05) is 44.0 Å². The summed E-state index contributed by atoms with van der Waals surface area (Å²) < 4.78 is 4.67. The summed E-state index contributed by atoms with van der Waals surface area (Å²) >= 11 is 0. The van der Waals surface area contributed by atoms with Crippen LogP contribution in [0.25, 0.3) is 208 Å². The Balaban J connectivity index is 0.000000134. The highest BCUT2D eigenvalue weighted by Gasteiger charge is 2.25. The molecule has 0 saturated carbocycles. The fourth-order valence-electron chi connectivity index (χ4n) is 17.2. The van der Waals surface area contributed by atoms with Crippen molar-refractivity contribution in [1.82, 2.24) is 14.1 Å². The Morgan fingerprint density at radius 3 is 1.00 bits per heavy atom. The number of nitrogens with zero attached hydrogens (tertiary/aromatic N) is 5. The van der Waals surface area contributed by atoms with Crippen LogP contribution in [0.1, 0.15) is 11.1 Å². The largest absolute Gasteiger partial charge is 0.309 e. The zero-order valence-electron chi connectivity index (χ0n) is 56.1. The molecule has 478 valence electrons. The van der Waals surface area contributed by atoms with Gasteiger partial charge in [0.1, 0.15) is 0 Å². The van der Waals surface area contributed by atoms with Crippen LogP contribution < -0.4 is 0 Å². The van der Waals surface area contributed by atoms with E-state index in [2.05, 4.69) is 331 Å². The lowest BCUT2D eigenvalue weighted by molar-refractivity contribution is 1.18. The van der Waals surface area contributed by atoms with Crippen molar-refractivity contribution in [3.8, 4) is 79.4 Å². The first-order valence-corrected chi connectivity index (χ1v) is 35.3. The molecule has 0 atom stereocenters. The SMILES string of the molecule is N#Cc1cc2ccc3cc(-c4cc5c6ccccc6c(-c6ccc7ccccc7c6)cc5c5ccccc45)cc4c3c2c(c1)n4-c1ccccc1.N#Cc1cc2ccc3cc(-c4cc5c6ccccc6c(-c6cccc(-c7ccccc7)n6)cc5c5ccccc45)cc4c3c2c(c1)n4-c1ccccc1. The van der Waals surface area contributed by atoms with Crippen LogP contribution in [-0.2, 0) is 0 Å². The third-order valence-corrected chi connectivity index (χ3v) is 21.8. The van der Waals surface area contributed by atoms with Gasteiger partial charge < -0.3 is 9.13 Å². The maximum Gasteiger partial charge on any atom is 0.0992 e. The molecule has 22 aromatic rings. The molecule has 22 rings (SSSR count). The van der Waals surface area contributed by atoms with Gasteiger partial charge >= 0.3 is 0 Å². The Labute approximate surface area is 597 Å². The average molecular weight is 1320 g/mol. The summed E-state index contributed by atoms with van der Waals surface area (Å²) in [5.41, 5.74) is 19.2. The van der Waals surface area contributed by atoms with E-state index < -0.39 is 0 Å². The van der Waals surface area contributed by atoms with Gasteiger partial charge in [0.2, 0.25) is 0 Å². The summed E-state index contributed by atoms with van der Waals surface area (Å²) in [5, 5.41) is 46.5. The second-order valence-corrected chi connectivity index (χ2v) is 27.5. The van der Waals surface area contributed by atoms with Crippen molar-refractivity contribution in [2.45, 2.75) is 0 Å². The Bertz CT molecular complexity index is 7420. The molecule has 0 unspecified atom stereocenters. The number of benzene rings is 19. The number of nitriles is 2. The summed E-state index contributed by atoms with van der Waals surface area (Å²) in [4.78, 5) is 5.20. The van der Waals surface area contributed by atoms with Crippen LogP contribution in [0, 0.1) is 22.7 Å². The fraction of sp³-hybridized carbons (Fsp3) is 0. The van der Waals surface area contributed by atoms with Crippen LogP contribution in [0.3, 0.4) is 0 Å². The molecule has 5 heteroatoms. The maximum absolute atomic E-state index is 9.98. The molecule has 0 saturated heterocycles. The second kappa shape index (κ2) is 23.2. The van der Waals surface area contributed by atoms with E-state index in [1.165, 1.54) is 136 Å². The van der Waals surface area contributed by atoms with Gasteiger partial charge in [0.05, 0.1) is 56.7 Å². The van der Waals surface area contributed by atoms with Crippen LogP contribution in [0.4, 0.5) is 0 Å². The Hall–Kier alpha value is -14.2. The Kier molecular flexibility index (Phi) is 13.1. The lowest BCUT2D eigenvalue weighted by atomic mass is 9.87. The smallest absolute Gasteiger partial charge is 0.0992 e. The van der Waals surface area contributed by atoms with Gasteiger partial charge in [-0.15, -0.1) is 0 Å². The second-order valence-electron chi connectivity index (χ2n) is 27.5. The molecular formula is C99H57N5. The molecule has 0 fully saturated rings. The van der Waals surface area contributed by atoms with E-state index in [9.17, 15) is 10.5 Å². The van der Waals surface area contributed by atoms with E-state index in [0.717, 1.165) is 72.3 Å². The van der Waals surface area contributed by atoms with E-state index in [1.807, 2.05) is 36.4 Å². The van der Waals surface area contributed by atoms with Gasteiger partial charge in [0.25, 0.3) is 0 Å². The molecule has 0 bridgehead atoms. The highest BCUT2D eigenvalue weighted by atomic mass is 15.0. The lowest BCUT2D eigenvalue weighted by Crippen LogP contribution is -1.94. The van der Waals surface area contributed by atoms with E-state index in [1.54, 1.807) is 0 Å². The molecular weight excluding hydrogens is 1260 g/mol. The van der Waals surface area contributed by atoms with E-state index in [0.29, 0.717) is 11.1 Å². The molecule has 0 N–H and O–H groups in total. The summed E-state index contributed by atoms with van der Waals surface area (Å²) in [6, 6.07) is 129. The maximum atomic E-state index is 9.98. The molecule has 0 radical (unpaired) electrons. The third-order valence-electron chi connectivity index (χ3n) is 21.8. The van der Waals surface area contributed by atoms with Gasteiger partial charge in [-0.25, -0.2) is 4.98 Å². The summed E-state index contributed by atoms with van der Waals surface area (Å²) in [6.07, 6.45) is 0. The van der Waals surface area contributed by atoms with E-state index in [4.69, 9.17) is 4.98 Å². The van der Waals surface area contributed by atoms with Crippen molar-refractivity contribution in [2.75, 3.05) is 0 Å². The van der Waals surface area contributed by atoms with E-state index >= 15 is 0 Å². The molecule has 0 aliphatic rings. The predicted molar refractivity (Wildman–Crippen MR) is 436 cm³/mol. The Morgan fingerprint density at radius 2 is 0.548 bits per heavy atom. The monoisotopic (exact) mass is 1320 g/mol. The van der Waals surface area contributed by atoms with E-state index in [-0.39, 0.29) is 0 Å². The van der Waals surface area contributed by atoms with Crippen molar-refractivity contribution in [3.05, 3.63) is 357 Å². The molecule has 19 aromatic carbocycles. The topological polar surface area (TPSA) is 70.3 Å². The summed E-state index contributed by atoms with van der Waals surface area (Å²) in [6.45, 7) is 0.